The van der Waals surface area contributed by atoms with Crippen LogP contribution in [0.25, 0.3) is 10.9 Å². The van der Waals surface area contributed by atoms with Gasteiger partial charge in [-0.3, -0.25) is 0 Å². The van der Waals surface area contributed by atoms with E-state index in [0.717, 1.165) is 41.5 Å². The number of fused-ring (bicyclic) bond motifs is 2. The molecule has 0 aliphatic carbocycles. The van der Waals surface area contributed by atoms with Crippen molar-refractivity contribution in [2.45, 2.75) is 32.8 Å². The summed E-state index contributed by atoms with van der Waals surface area (Å²) in [6.07, 6.45) is 3.39. The lowest BCUT2D eigenvalue weighted by atomic mass is 9.98. The topological polar surface area (TPSA) is 58.5 Å². The third-order valence-electron chi connectivity index (χ3n) is 5.06. The van der Waals surface area contributed by atoms with Gasteiger partial charge in [0, 0.05) is 29.2 Å². The third kappa shape index (κ3) is 2.78. The van der Waals surface area contributed by atoms with Gasteiger partial charge in [0.25, 0.3) is 0 Å². The van der Waals surface area contributed by atoms with E-state index < -0.39 is 6.10 Å². The molecular weight excluding hydrogens is 326 g/mol. The summed E-state index contributed by atoms with van der Waals surface area (Å²) in [6.45, 7) is 4.81. The number of hydrogen-bond acceptors (Lipinski definition) is 5. The summed E-state index contributed by atoms with van der Waals surface area (Å²) < 4.78 is 5.43. The van der Waals surface area contributed by atoms with E-state index in [9.17, 15) is 5.11 Å². The smallest absolute Gasteiger partial charge is 0.126 e. The number of aliphatic hydroxyl groups is 1. The van der Waals surface area contributed by atoms with Crippen LogP contribution < -0.4 is 9.64 Å². The minimum Gasteiger partial charge on any atom is -0.496 e. The van der Waals surface area contributed by atoms with Crippen LogP contribution in [0.3, 0.4) is 0 Å². The summed E-state index contributed by atoms with van der Waals surface area (Å²) in [5.41, 5.74) is 6.42. The van der Waals surface area contributed by atoms with E-state index in [2.05, 4.69) is 40.2 Å². The first-order valence-corrected chi connectivity index (χ1v) is 8.97. The summed E-state index contributed by atoms with van der Waals surface area (Å²) in [4.78, 5) is 2.31. The van der Waals surface area contributed by atoms with Crippen molar-refractivity contribution in [3.8, 4) is 5.75 Å². The Hall–Kier alpha value is -2.66. The molecule has 0 radical (unpaired) electrons. The Morgan fingerprint density at radius 3 is 2.81 bits per heavy atom. The summed E-state index contributed by atoms with van der Waals surface area (Å²) in [5, 5.41) is 19.6. The third-order valence-corrected chi connectivity index (χ3v) is 5.06. The number of aliphatic hydroxyl groups excluding tert-OH is 1. The Balaban J connectivity index is 1.92. The standard InChI is InChI=1S/C21H23N3O2/c1-13-6-7-19-15(9-13)5-4-8-24(19)20-12-22-23-18-11-21(26-3)16(14(2)25)10-17(18)20/h6-7,9-12,14,25H,4-5,8H2,1-3H3. The molecule has 2 aromatic carbocycles. The van der Waals surface area contributed by atoms with Crippen molar-refractivity contribution >= 4 is 22.3 Å². The fourth-order valence-corrected chi connectivity index (χ4v) is 3.78. The molecular formula is C21H23N3O2. The van der Waals surface area contributed by atoms with Crippen molar-refractivity contribution in [2.24, 2.45) is 0 Å². The van der Waals surface area contributed by atoms with E-state index in [4.69, 9.17) is 4.74 Å². The van der Waals surface area contributed by atoms with Gasteiger partial charge < -0.3 is 14.7 Å². The largest absolute Gasteiger partial charge is 0.496 e. The van der Waals surface area contributed by atoms with Gasteiger partial charge in [-0.15, -0.1) is 0 Å². The van der Waals surface area contributed by atoms with Gasteiger partial charge in [-0.1, -0.05) is 17.7 Å². The van der Waals surface area contributed by atoms with Crippen molar-refractivity contribution in [3.05, 3.63) is 53.2 Å². The molecule has 0 amide bonds. The maximum absolute atomic E-state index is 10.2. The molecule has 0 saturated heterocycles. The molecule has 5 heteroatoms. The van der Waals surface area contributed by atoms with E-state index >= 15 is 0 Å². The van der Waals surface area contributed by atoms with E-state index in [-0.39, 0.29) is 0 Å². The molecule has 1 aliphatic heterocycles. The Morgan fingerprint density at radius 1 is 1.19 bits per heavy atom. The van der Waals surface area contributed by atoms with Gasteiger partial charge in [0.05, 0.1) is 30.6 Å². The van der Waals surface area contributed by atoms with Crippen LogP contribution >= 0.6 is 0 Å². The molecule has 3 aromatic rings. The predicted octanol–water partition coefficient (Wildman–Crippen LogP) is 4.08. The van der Waals surface area contributed by atoms with Crippen LogP contribution in [-0.4, -0.2) is 29.0 Å². The van der Waals surface area contributed by atoms with Gasteiger partial charge in [0.15, 0.2) is 0 Å². The zero-order chi connectivity index (χ0) is 18.3. The molecule has 134 valence electrons. The van der Waals surface area contributed by atoms with Gasteiger partial charge in [0.2, 0.25) is 0 Å². The van der Waals surface area contributed by atoms with Crippen LogP contribution in [0.1, 0.15) is 36.1 Å². The van der Waals surface area contributed by atoms with Gasteiger partial charge in [-0.2, -0.15) is 10.2 Å². The molecule has 1 aliphatic rings. The highest BCUT2D eigenvalue weighted by Crippen LogP contribution is 2.39. The molecule has 5 nitrogen and oxygen atoms in total. The van der Waals surface area contributed by atoms with Crippen LogP contribution in [0.4, 0.5) is 11.4 Å². The molecule has 2 heterocycles. The number of ether oxygens (including phenoxy) is 1. The quantitative estimate of drug-likeness (QED) is 0.772. The maximum atomic E-state index is 10.2. The highest BCUT2D eigenvalue weighted by molar-refractivity contribution is 5.95. The van der Waals surface area contributed by atoms with Crippen LogP contribution in [0.2, 0.25) is 0 Å². The molecule has 1 aromatic heterocycles. The number of rotatable bonds is 3. The van der Waals surface area contributed by atoms with Gasteiger partial charge in [0.1, 0.15) is 5.75 Å². The van der Waals surface area contributed by atoms with Gasteiger partial charge in [-0.05, 0) is 44.4 Å². The average molecular weight is 349 g/mol. The first kappa shape index (κ1) is 16.8. The number of anilines is 2. The second-order valence-corrected chi connectivity index (χ2v) is 6.90. The Bertz CT molecular complexity index is 969. The molecule has 1 unspecified atom stereocenters. The Labute approximate surface area is 153 Å². The molecule has 0 saturated carbocycles. The molecule has 0 bridgehead atoms. The minimum absolute atomic E-state index is 0.619. The fourth-order valence-electron chi connectivity index (χ4n) is 3.78. The highest BCUT2D eigenvalue weighted by Gasteiger charge is 2.22. The number of nitrogens with zero attached hydrogens (tertiary/aromatic N) is 3. The SMILES string of the molecule is COc1cc2nncc(N3CCCc4cc(C)ccc43)c2cc1C(C)O. The van der Waals surface area contributed by atoms with Crippen LogP contribution in [0, 0.1) is 6.92 Å². The summed E-state index contributed by atoms with van der Waals surface area (Å²) in [6, 6.07) is 10.4. The zero-order valence-corrected chi connectivity index (χ0v) is 15.4. The van der Waals surface area contributed by atoms with Crippen LogP contribution in [0.5, 0.6) is 5.75 Å². The molecule has 4 rings (SSSR count). The number of hydrogen-bond donors (Lipinski definition) is 1. The zero-order valence-electron chi connectivity index (χ0n) is 15.4. The summed E-state index contributed by atoms with van der Waals surface area (Å²) >= 11 is 0. The second kappa shape index (κ2) is 6.57. The van der Waals surface area contributed by atoms with E-state index in [1.165, 1.54) is 16.8 Å². The molecule has 1 atom stereocenters. The number of methoxy groups -OCH3 is 1. The van der Waals surface area contributed by atoms with Crippen molar-refractivity contribution in [3.63, 3.8) is 0 Å². The number of aromatic nitrogens is 2. The normalized spacial score (nSPS) is 15.0. The van der Waals surface area contributed by atoms with Crippen molar-refractivity contribution in [1.82, 2.24) is 10.2 Å². The van der Waals surface area contributed by atoms with Crippen molar-refractivity contribution in [2.75, 3.05) is 18.6 Å². The van der Waals surface area contributed by atoms with Crippen LogP contribution in [0.15, 0.2) is 36.5 Å². The minimum atomic E-state index is -0.619. The number of aryl methyl sites for hydroxylation is 2. The Morgan fingerprint density at radius 2 is 2.04 bits per heavy atom. The van der Waals surface area contributed by atoms with Crippen molar-refractivity contribution < 1.29 is 9.84 Å². The molecule has 26 heavy (non-hydrogen) atoms. The van der Waals surface area contributed by atoms with Crippen molar-refractivity contribution in [1.29, 1.82) is 0 Å². The lowest BCUT2D eigenvalue weighted by molar-refractivity contribution is 0.194. The van der Waals surface area contributed by atoms with Crippen LogP contribution in [-0.2, 0) is 6.42 Å². The second-order valence-electron chi connectivity index (χ2n) is 6.90. The predicted molar refractivity (Wildman–Crippen MR) is 103 cm³/mol. The lowest BCUT2D eigenvalue weighted by Crippen LogP contribution is -2.25. The molecule has 0 fully saturated rings. The first-order chi connectivity index (χ1) is 12.6. The fraction of sp³-hybridized carbons (Fsp3) is 0.333. The van der Waals surface area contributed by atoms with E-state index in [1.807, 2.05) is 18.3 Å². The Kier molecular flexibility index (Phi) is 4.24. The monoisotopic (exact) mass is 349 g/mol. The van der Waals surface area contributed by atoms with E-state index in [1.54, 1.807) is 14.0 Å². The van der Waals surface area contributed by atoms with E-state index in [0.29, 0.717) is 5.75 Å². The number of benzene rings is 2. The lowest BCUT2D eigenvalue weighted by Gasteiger charge is -2.32. The maximum Gasteiger partial charge on any atom is 0.126 e. The van der Waals surface area contributed by atoms with Gasteiger partial charge in [-0.25, -0.2) is 0 Å². The average Bonchev–Trinajstić information content (AvgIpc) is 2.65. The summed E-state index contributed by atoms with van der Waals surface area (Å²) in [7, 11) is 1.60. The van der Waals surface area contributed by atoms with Gasteiger partial charge >= 0.3 is 0 Å². The molecule has 0 spiro atoms. The molecule has 1 N–H and O–H groups in total. The summed E-state index contributed by atoms with van der Waals surface area (Å²) in [5.74, 6) is 0.633. The first-order valence-electron chi connectivity index (χ1n) is 8.97. The highest BCUT2D eigenvalue weighted by atomic mass is 16.5.